The molecule has 5 nitrogen and oxygen atoms in total. The number of hydrogen-bond donors (Lipinski definition) is 1. The third-order valence-electron chi connectivity index (χ3n) is 3.98. The van der Waals surface area contributed by atoms with Crippen molar-refractivity contribution < 1.29 is 14.3 Å². The number of benzene rings is 2. The van der Waals surface area contributed by atoms with Crippen molar-refractivity contribution in [3.8, 4) is 5.75 Å². The highest BCUT2D eigenvalue weighted by Gasteiger charge is 2.19. The quantitative estimate of drug-likeness (QED) is 0.867. The zero-order valence-electron chi connectivity index (χ0n) is 13.7. The van der Waals surface area contributed by atoms with E-state index in [0.29, 0.717) is 40.3 Å². The zero-order chi connectivity index (χ0) is 17.8. The molecule has 132 valence electrons. The van der Waals surface area contributed by atoms with Crippen LogP contribution in [0.1, 0.15) is 10.4 Å². The van der Waals surface area contributed by atoms with Crippen molar-refractivity contribution in [1.82, 2.24) is 0 Å². The van der Waals surface area contributed by atoms with Crippen molar-refractivity contribution in [2.45, 2.75) is 0 Å². The Morgan fingerprint density at radius 1 is 1.16 bits per heavy atom. The molecule has 25 heavy (non-hydrogen) atoms. The SMILES string of the molecule is COc1ccc(C(=O)Nc2cccc(Cl)c2N2CCOCC2)cc1Cl. The highest BCUT2D eigenvalue weighted by molar-refractivity contribution is 6.34. The number of rotatable bonds is 4. The second-order valence-corrected chi connectivity index (χ2v) is 6.35. The van der Waals surface area contributed by atoms with Crippen LogP contribution in [0.15, 0.2) is 36.4 Å². The number of hydrogen-bond acceptors (Lipinski definition) is 4. The Morgan fingerprint density at radius 2 is 1.92 bits per heavy atom. The highest BCUT2D eigenvalue weighted by Crippen LogP contribution is 2.35. The van der Waals surface area contributed by atoms with Gasteiger partial charge in [-0.2, -0.15) is 0 Å². The first-order valence-electron chi connectivity index (χ1n) is 7.86. The predicted molar refractivity (Wildman–Crippen MR) is 100 cm³/mol. The average Bonchev–Trinajstić information content (AvgIpc) is 2.62. The number of morpholine rings is 1. The molecule has 1 N–H and O–H groups in total. The van der Waals surface area contributed by atoms with Crippen molar-refractivity contribution in [1.29, 1.82) is 0 Å². The Hall–Kier alpha value is -1.95. The smallest absolute Gasteiger partial charge is 0.255 e. The summed E-state index contributed by atoms with van der Waals surface area (Å²) in [6.07, 6.45) is 0. The van der Waals surface area contributed by atoms with Crippen LogP contribution in [-0.4, -0.2) is 39.3 Å². The van der Waals surface area contributed by atoms with Gasteiger partial charge in [-0.3, -0.25) is 4.79 Å². The average molecular weight is 381 g/mol. The van der Waals surface area contributed by atoms with E-state index in [1.165, 1.54) is 7.11 Å². The lowest BCUT2D eigenvalue weighted by atomic mass is 10.1. The molecule has 0 spiro atoms. The maximum atomic E-state index is 12.6. The lowest BCUT2D eigenvalue weighted by Gasteiger charge is -2.31. The molecule has 0 atom stereocenters. The van der Waals surface area contributed by atoms with Gasteiger partial charge in [0.2, 0.25) is 0 Å². The fourth-order valence-electron chi connectivity index (χ4n) is 2.73. The minimum absolute atomic E-state index is 0.263. The molecule has 1 aliphatic heterocycles. The van der Waals surface area contributed by atoms with Gasteiger partial charge in [0.05, 0.1) is 41.7 Å². The van der Waals surface area contributed by atoms with Gasteiger partial charge in [0, 0.05) is 18.7 Å². The summed E-state index contributed by atoms with van der Waals surface area (Å²) in [4.78, 5) is 14.7. The topological polar surface area (TPSA) is 50.8 Å². The number of carbonyl (C=O) groups is 1. The molecule has 0 unspecified atom stereocenters. The molecule has 1 aliphatic rings. The number of halogens is 2. The van der Waals surface area contributed by atoms with Gasteiger partial charge in [-0.1, -0.05) is 29.3 Å². The van der Waals surface area contributed by atoms with Crippen LogP contribution < -0.4 is 15.0 Å². The molecule has 0 radical (unpaired) electrons. The van der Waals surface area contributed by atoms with Crippen molar-refractivity contribution in [3.05, 3.63) is 52.0 Å². The molecular weight excluding hydrogens is 363 g/mol. The number of carbonyl (C=O) groups excluding carboxylic acids is 1. The number of para-hydroxylation sites is 1. The fourth-order valence-corrected chi connectivity index (χ4v) is 3.28. The van der Waals surface area contributed by atoms with E-state index >= 15 is 0 Å². The van der Waals surface area contributed by atoms with Crippen molar-refractivity contribution >= 4 is 40.5 Å². The van der Waals surface area contributed by atoms with Crippen molar-refractivity contribution in [2.75, 3.05) is 43.6 Å². The van der Waals surface area contributed by atoms with Gasteiger partial charge in [-0.25, -0.2) is 0 Å². The Morgan fingerprint density at radius 3 is 2.60 bits per heavy atom. The van der Waals surface area contributed by atoms with E-state index in [4.69, 9.17) is 32.7 Å². The first kappa shape index (κ1) is 17.9. The third kappa shape index (κ3) is 4.00. The minimum Gasteiger partial charge on any atom is -0.495 e. The number of methoxy groups -OCH3 is 1. The molecule has 1 saturated heterocycles. The molecule has 0 aliphatic carbocycles. The molecule has 1 fully saturated rings. The van der Waals surface area contributed by atoms with E-state index in [9.17, 15) is 4.79 Å². The summed E-state index contributed by atoms with van der Waals surface area (Å²) in [6.45, 7) is 2.71. The molecule has 1 heterocycles. The standard InChI is InChI=1S/C18H18Cl2N2O3/c1-24-16-6-5-12(11-14(16)20)18(23)21-15-4-2-3-13(19)17(15)22-7-9-25-10-8-22/h2-6,11H,7-10H2,1H3,(H,21,23). The summed E-state index contributed by atoms with van der Waals surface area (Å²) in [5.41, 5.74) is 1.91. The number of nitrogens with one attached hydrogen (secondary N) is 1. The lowest BCUT2D eigenvalue weighted by molar-refractivity contribution is 0.102. The van der Waals surface area contributed by atoms with Crippen LogP contribution in [0.25, 0.3) is 0 Å². The van der Waals surface area contributed by atoms with Gasteiger partial charge in [0.1, 0.15) is 5.75 Å². The van der Waals surface area contributed by atoms with E-state index in [-0.39, 0.29) is 5.91 Å². The first-order chi connectivity index (χ1) is 12.1. The van der Waals surface area contributed by atoms with Crippen molar-refractivity contribution in [2.24, 2.45) is 0 Å². The Balaban J connectivity index is 1.86. The van der Waals surface area contributed by atoms with E-state index in [1.54, 1.807) is 18.2 Å². The second-order valence-electron chi connectivity index (χ2n) is 5.54. The highest BCUT2D eigenvalue weighted by atomic mass is 35.5. The van der Waals surface area contributed by atoms with Crippen LogP contribution in [0.5, 0.6) is 5.75 Å². The van der Waals surface area contributed by atoms with Gasteiger partial charge in [-0.15, -0.1) is 0 Å². The van der Waals surface area contributed by atoms with Crippen LogP contribution in [0.2, 0.25) is 10.0 Å². The van der Waals surface area contributed by atoms with Crippen LogP contribution in [0.3, 0.4) is 0 Å². The minimum atomic E-state index is -0.263. The Labute approximate surface area is 156 Å². The Kier molecular flexibility index (Phi) is 5.68. The monoisotopic (exact) mass is 380 g/mol. The van der Waals surface area contributed by atoms with E-state index in [2.05, 4.69) is 10.2 Å². The van der Waals surface area contributed by atoms with Gasteiger partial charge in [0.25, 0.3) is 5.91 Å². The van der Waals surface area contributed by atoms with Crippen LogP contribution >= 0.6 is 23.2 Å². The van der Waals surface area contributed by atoms with Crippen LogP contribution in [0.4, 0.5) is 11.4 Å². The van der Waals surface area contributed by atoms with E-state index < -0.39 is 0 Å². The first-order valence-corrected chi connectivity index (χ1v) is 8.62. The predicted octanol–water partition coefficient (Wildman–Crippen LogP) is 4.09. The zero-order valence-corrected chi connectivity index (χ0v) is 15.2. The summed E-state index contributed by atoms with van der Waals surface area (Å²) >= 11 is 12.5. The normalized spacial score (nSPS) is 14.3. The van der Waals surface area contributed by atoms with Gasteiger partial charge in [0.15, 0.2) is 0 Å². The molecule has 2 aromatic rings. The van der Waals surface area contributed by atoms with Gasteiger partial charge >= 0.3 is 0 Å². The largest absolute Gasteiger partial charge is 0.495 e. The number of amides is 1. The molecule has 3 rings (SSSR count). The molecule has 0 bridgehead atoms. The summed E-state index contributed by atoms with van der Waals surface area (Å²) in [5, 5.41) is 3.90. The summed E-state index contributed by atoms with van der Waals surface area (Å²) in [7, 11) is 1.53. The second kappa shape index (κ2) is 7.95. The van der Waals surface area contributed by atoms with Crippen molar-refractivity contribution in [3.63, 3.8) is 0 Å². The van der Waals surface area contributed by atoms with Crippen LogP contribution in [-0.2, 0) is 4.74 Å². The van der Waals surface area contributed by atoms with E-state index in [0.717, 1.165) is 18.8 Å². The fraction of sp³-hybridized carbons (Fsp3) is 0.278. The maximum Gasteiger partial charge on any atom is 0.255 e. The van der Waals surface area contributed by atoms with Gasteiger partial charge < -0.3 is 19.7 Å². The maximum absolute atomic E-state index is 12.6. The molecule has 2 aromatic carbocycles. The molecule has 0 saturated carbocycles. The molecule has 0 aromatic heterocycles. The summed E-state index contributed by atoms with van der Waals surface area (Å²) in [6, 6.07) is 10.4. The summed E-state index contributed by atoms with van der Waals surface area (Å²) < 4.78 is 10.5. The number of nitrogens with zero attached hydrogens (tertiary/aromatic N) is 1. The molecule has 7 heteroatoms. The van der Waals surface area contributed by atoms with E-state index in [1.807, 2.05) is 18.2 Å². The number of anilines is 2. The van der Waals surface area contributed by atoms with Gasteiger partial charge in [-0.05, 0) is 30.3 Å². The number of ether oxygens (including phenoxy) is 2. The molecular formula is C18H18Cl2N2O3. The lowest BCUT2D eigenvalue weighted by Crippen LogP contribution is -2.37. The summed E-state index contributed by atoms with van der Waals surface area (Å²) in [5.74, 6) is 0.260. The third-order valence-corrected chi connectivity index (χ3v) is 4.58. The Bertz CT molecular complexity index is 777. The van der Waals surface area contributed by atoms with Crippen LogP contribution in [0, 0.1) is 0 Å². The molecule has 1 amide bonds.